The molecule has 0 unspecified atom stereocenters. The number of halogens is 1. The molecule has 0 spiro atoms. The van der Waals surface area contributed by atoms with E-state index >= 15 is 0 Å². The maximum Gasteiger partial charge on any atom is 0.254 e. The highest BCUT2D eigenvalue weighted by atomic mass is 79.9. The lowest BCUT2D eigenvalue weighted by molar-refractivity contribution is -0.0764. The van der Waals surface area contributed by atoms with Crippen molar-refractivity contribution in [3.63, 3.8) is 0 Å². The summed E-state index contributed by atoms with van der Waals surface area (Å²) in [5.41, 5.74) is 1.61. The Labute approximate surface area is 116 Å². The molecule has 1 aliphatic heterocycles. The third-order valence-electron chi connectivity index (χ3n) is 3.13. The fourth-order valence-corrected chi connectivity index (χ4v) is 2.48. The summed E-state index contributed by atoms with van der Waals surface area (Å²) in [6.07, 6.45) is 0. The first-order valence-corrected chi connectivity index (χ1v) is 6.88. The van der Waals surface area contributed by atoms with Crippen LogP contribution in [0.4, 0.5) is 0 Å². The molecule has 4 heteroatoms. The Morgan fingerprint density at radius 1 is 1.44 bits per heavy atom. The van der Waals surface area contributed by atoms with Crippen molar-refractivity contribution in [3.8, 4) is 0 Å². The van der Waals surface area contributed by atoms with Crippen molar-refractivity contribution in [1.29, 1.82) is 0 Å². The van der Waals surface area contributed by atoms with Gasteiger partial charge in [0.2, 0.25) is 0 Å². The van der Waals surface area contributed by atoms with E-state index in [2.05, 4.69) is 15.9 Å². The van der Waals surface area contributed by atoms with Crippen LogP contribution in [0.2, 0.25) is 0 Å². The Kier molecular flexibility index (Phi) is 3.78. The number of hydrogen-bond donors (Lipinski definition) is 0. The van der Waals surface area contributed by atoms with Gasteiger partial charge in [0.15, 0.2) is 0 Å². The van der Waals surface area contributed by atoms with Crippen LogP contribution in [0.25, 0.3) is 0 Å². The molecule has 1 amide bonds. The lowest BCUT2D eigenvalue weighted by Gasteiger charge is -2.38. The molecule has 0 radical (unpaired) electrons. The first-order valence-electron chi connectivity index (χ1n) is 6.08. The molecule has 1 aromatic rings. The molecule has 0 saturated carbocycles. The zero-order chi connectivity index (χ0) is 13.3. The van der Waals surface area contributed by atoms with Gasteiger partial charge in [-0.15, -0.1) is 0 Å². The summed E-state index contributed by atoms with van der Waals surface area (Å²) >= 11 is 3.47. The lowest BCUT2D eigenvalue weighted by Crippen LogP contribution is -2.50. The van der Waals surface area contributed by atoms with E-state index in [0.717, 1.165) is 15.6 Å². The number of carbonyl (C=O) groups is 1. The van der Waals surface area contributed by atoms with Crippen molar-refractivity contribution in [1.82, 2.24) is 4.90 Å². The summed E-state index contributed by atoms with van der Waals surface area (Å²) in [7, 11) is 0. The van der Waals surface area contributed by atoms with Crippen LogP contribution in [0.15, 0.2) is 22.7 Å². The van der Waals surface area contributed by atoms with Crippen molar-refractivity contribution in [2.45, 2.75) is 26.4 Å². The van der Waals surface area contributed by atoms with Gasteiger partial charge in [-0.1, -0.05) is 22.0 Å². The summed E-state index contributed by atoms with van der Waals surface area (Å²) in [6.45, 7) is 7.93. The van der Waals surface area contributed by atoms with Crippen LogP contribution in [0.3, 0.4) is 0 Å². The van der Waals surface area contributed by atoms with Crippen molar-refractivity contribution in [2.24, 2.45) is 0 Å². The van der Waals surface area contributed by atoms with E-state index in [1.807, 2.05) is 43.9 Å². The summed E-state index contributed by atoms with van der Waals surface area (Å²) in [6, 6.07) is 5.73. The molecule has 0 aromatic heterocycles. The minimum Gasteiger partial charge on any atom is -0.372 e. The number of aryl methyl sites for hydroxylation is 1. The highest BCUT2D eigenvalue weighted by Gasteiger charge is 2.30. The van der Waals surface area contributed by atoms with Crippen molar-refractivity contribution < 1.29 is 9.53 Å². The first kappa shape index (κ1) is 13.6. The predicted octanol–water partition coefficient (Wildman–Crippen LogP) is 3.01. The van der Waals surface area contributed by atoms with Gasteiger partial charge in [0.25, 0.3) is 5.91 Å². The van der Waals surface area contributed by atoms with Gasteiger partial charge in [-0.2, -0.15) is 0 Å². The number of benzene rings is 1. The Balaban J connectivity index is 2.18. The molecular formula is C14H18BrNO2. The molecule has 1 saturated heterocycles. The largest absolute Gasteiger partial charge is 0.372 e. The van der Waals surface area contributed by atoms with E-state index < -0.39 is 0 Å². The summed E-state index contributed by atoms with van der Waals surface area (Å²) < 4.78 is 6.59. The van der Waals surface area contributed by atoms with Gasteiger partial charge in [0, 0.05) is 23.1 Å². The fourth-order valence-electron chi connectivity index (χ4n) is 2.10. The van der Waals surface area contributed by atoms with Crippen molar-refractivity contribution in [3.05, 3.63) is 33.8 Å². The number of nitrogens with zero attached hydrogens (tertiary/aromatic N) is 1. The van der Waals surface area contributed by atoms with Crippen molar-refractivity contribution >= 4 is 21.8 Å². The Bertz CT molecular complexity index is 471. The third kappa shape index (κ3) is 2.93. The average Bonchev–Trinajstić information content (AvgIpc) is 2.30. The molecule has 1 aliphatic rings. The minimum absolute atomic E-state index is 0.0760. The zero-order valence-electron chi connectivity index (χ0n) is 11.0. The Morgan fingerprint density at radius 3 is 2.78 bits per heavy atom. The number of ether oxygens (including phenoxy) is 1. The third-order valence-corrected chi connectivity index (χ3v) is 3.99. The number of rotatable bonds is 1. The standard InChI is InChI=1S/C14H18BrNO2/c1-10-4-5-11(8-12(10)15)13(17)16-6-7-18-14(2,3)9-16/h4-5,8H,6-7,9H2,1-3H3. The van der Waals surface area contributed by atoms with Crippen LogP contribution in [-0.2, 0) is 4.74 Å². The van der Waals surface area contributed by atoms with E-state index in [1.165, 1.54) is 0 Å². The molecule has 98 valence electrons. The Hall–Kier alpha value is -0.870. The molecular weight excluding hydrogens is 294 g/mol. The van der Waals surface area contributed by atoms with Gasteiger partial charge in [-0.25, -0.2) is 0 Å². The van der Waals surface area contributed by atoms with Gasteiger partial charge in [-0.3, -0.25) is 4.79 Å². The maximum atomic E-state index is 12.4. The quantitative estimate of drug-likeness (QED) is 0.798. The molecule has 3 nitrogen and oxygen atoms in total. The van der Waals surface area contributed by atoms with Gasteiger partial charge in [0.1, 0.15) is 0 Å². The highest BCUT2D eigenvalue weighted by Crippen LogP contribution is 2.21. The van der Waals surface area contributed by atoms with E-state index in [9.17, 15) is 4.79 Å². The number of amides is 1. The minimum atomic E-state index is -0.254. The lowest BCUT2D eigenvalue weighted by atomic mass is 10.1. The molecule has 1 fully saturated rings. The van der Waals surface area contributed by atoms with E-state index in [0.29, 0.717) is 19.7 Å². The number of morpholine rings is 1. The summed E-state index contributed by atoms with van der Waals surface area (Å²) in [5, 5.41) is 0. The van der Waals surface area contributed by atoms with Gasteiger partial charge in [-0.05, 0) is 38.5 Å². The van der Waals surface area contributed by atoms with E-state index in [1.54, 1.807) is 0 Å². The summed E-state index contributed by atoms with van der Waals surface area (Å²) in [5.74, 6) is 0.0760. The number of carbonyl (C=O) groups excluding carboxylic acids is 1. The SMILES string of the molecule is Cc1ccc(C(=O)N2CCOC(C)(C)C2)cc1Br. The predicted molar refractivity (Wildman–Crippen MR) is 74.8 cm³/mol. The van der Waals surface area contributed by atoms with Gasteiger partial charge in [0.05, 0.1) is 12.2 Å². The Morgan fingerprint density at radius 2 is 2.17 bits per heavy atom. The van der Waals surface area contributed by atoms with Gasteiger partial charge < -0.3 is 9.64 Å². The maximum absolute atomic E-state index is 12.4. The van der Waals surface area contributed by atoms with Crippen LogP contribution in [0, 0.1) is 6.92 Å². The molecule has 0 N–H and O–H groups in total. The zero-order valence-corrected chi connectivity index (χ0v) is 12.6. The van der Waals surface area contributed by atoms with Crippen LogP contribution >= 0.6 is 15.9 Å². The van der Waals surface area contributed by atoms with Crippen LogP contribution in [0.5, 0.6) is 0 Å². The van der Waals surface area contributed by atoms with Crippen molar-refractivity contribution in [2.75, 3.05) is 19.7 Å². The second kappa shape index (κ2) is 5.02. The molecule has 0 bridgehead atoms. The van der Waals surface area contributed by atoms with Crippen LogP contribution in [0.1, 0.15) is 29.8 Å². The molecule has 0 atom stereocenters. The highest BCUT2D eigenvalue weighted by molar-refractivity contribution is 9.10. The molecule has 1 heterocycles. The fraction of sp³-hybridized carbons (Fsp3) is 0.500. The summed E-state index contributed by atoms with van der Waals surface area (Å²) in [4.78, 5) is 14.3. The van der Waals surface area contributed by atoms with E-state index in [-0.39, 0.29) is 11.5 Å². The number of hydrogen-bond acceptors (Lipinski definition) is 2. The van der Waals surface area contributed by atoms with Crippen LogP contribution < -0.4 is 0 Å². The molecule has 1 aromatic carbocycles. The smallest absolute Gasteiger partial charge is 0.254 e. The molecule has 2 rings (SSSR count). The first-order chi connectivity index (χ1) is 8.39. The van der Waals surface area contributed by atoms with E-state index in [4.69, 9.17) is 4.74 Å². The monoisotopic (exact) mass is 311 g/mol. The second-order valence-electron chi connectivity index (χ2n) is 5.30. The topological polar surface area (TPSA) is 29.5 Å². The average molecular weight is 312 g/mol. The molecule has 0 aliphatic carbocycles. The molecule has 18 heavy (non-hydrogen) atoms. The van der Waals surface area contributed by atoms with Crippen LogP contribution in [-0.4, -0.2) is 36.1 Å². The second-order valence-corrected chi connectivity index (χ2v) is 6.15. The van der Waals surface area contributed by atoms with Gasteiger partial charge >= 0.3 is 0 Å². The normalized spacial score (nSPS) is 18.8.